The molecule has 0 aliphatic rings. The average molecular weight is 205 g/mol. The maximum absolute atomic E-state index is 11.6. The fourth-order valence-corrected chi connectivity index (χ4v) is 1.26. The van der Waals surface area contributed by atoms with Gasteiger partial charge in [0.1, 0.15) is 0 Å². The van der Waals surface area contributed by atoms with Crippen molar-refractivity contribution in [1.29, 1.82) is 0 Å². The number of carbonyl (C=O) groups is 1. The fourth-order valence-electron chi connectivity index (χ4n) is 1.26. The van der Waals surface area contributed by atoms with Crippen molar-refractivity contribution in [3.05, 3.63) is 30.3 Å². The Morgan fingerprint density at radius 2 is 1.80 bits per heavy atom. The molecule has 82 valence electrons. The Morgan fingerprint density at radius 1 is 1.20 bits per heavy atom. The van der Waals surface area contributed by atoms with Crippen molar-refractivity contribution in [2.45, 2.75) is 27.2 Å². The van der Waals surface area contributed by atoms with Gasteiger partial charge in [-0.25, -0.2) is 0 Å². The number of hydrogen-bond acceptors (Lipinski definition) is 1. The van der Waals surface area contributed by atoms with Crippen molar-refractivity contribution in [3.8, 4) is 0 Å². The summed E-state index contributed by atoms with van der Waals surface area (Å²) in [7, 11) is 0. The maximum atomic E-state index is 11.6. The Morgan fingerprint density at radius 3 is 2.33 bits per heavy atom. The molecule has 1 rings (SSSR count). The van der Waals surface area contributed by atoms with Crippen LogP contribution in [0.25, 0.3) is 0 Å². The van der Waals surface area contributed by atoms with E-state index in [2.05, 4.69) is 26.1 Å². The molecule has 1 aromatic rings. The van der Waals surface area contributed by atoms with Crippen LogP contribution in [-0.4, -0.2) is 5.91 Å². The second kappa shape index (κ2) is 5.54. The molecule has 0 unspecified atom stereocenters. The molecule has 1 N–H and O–H groups in total. The molecule has 0 bridgehead atoms. The van der Waals surface area contributed by atoms with Crippen molar-refractivity contribution < 1.29 is 4.79 Å². The van der Waals surface area contributed by atoms with Gasteiger partial charge < -0.3 is 5.32 Å². The number of rotatable bonds is 4. The van der Waals surface area contributed by atoms with E-state index >= 15 is 0 Å². The Bertz CT molecular complexity index is 306. The Kier molecular flexibility index (Phi) is 4.35. The molecule has 0 saturated carbocycles. The van der Waals surface area contributed by atoms with E-state index in [0.717, 1.165) is 5.69 Å². The summed E-state index contributed by atoms with van der Waals surface area (Å²) in [6.45, 7) is 6.39. The molecule has 1 aromatic carbocycles. The van der Waals surface area contributed by atoms with Crippen LogP contribution < -0.4 is 5.32 Å². The van der Waals surface area contributed by atoms with Crippen LogP contribution >= 0.6 is 0 Å². The van der Waals surface area contributed by atoms with Gasteiger partial charge in [-0.2, -0.15) is 0 Å². The fraction of sp³-hybridized carbons (Fsp3) is 0.462. The third kappa shape index (κ3) is 4.15. The van der Waals surface area contributed by atoms with Gasteiger partial charge in [0.2, 0.25) is 5.91 Å². The van der Waals surface area contributed by atoms with E-state index in [9.17, 15) is 4.79 Å². The Balaban J connectivity index is 2.43. The summed E-state index contributed by atoms with van der Waals surface area (Å²) < 4.78 is 0. The second-order valence-electron chi connectivity index (χ2n) is 4.34. The molecule has 2 nitrogen and oxygen atoms in total. The molecule has 0 radical (unpaired) electrons. The van der Waals surface area contributed by atoms with Gasteiger partial charge in [-0.05, 0) is 24.0 Å². The van der Waals surface area contributed by atoms with Crippen LogP contribution in [0.1, 0.15) is 27.2 Å². The molecule has 0 aliphatic carbocycles. The van der Waals surface area contributed by atoms with Crippen LogP contribution in [0.2, 0.25) is 0 Å². The summed E-state index contributed by atoms with van der Waals surface area (Å²) in [5.41, 5.74) is 0.874. The van der Waals surface area contributed by atoms with Crippen LogP contribution in [0.15, 0.2) is 30.3 Å². The van der Waals surface area contributed by atoms with Gasteiger partial charge in [0.05, 0.1) is 0 Å². The maximum Gasteiger partial charge on any atom is 0.224 e. The third-order valence-corrected chi connectivity index (χ3v) is 2.70. The number of amides is 1. The smallest absolute Gasteiger partial charge is 0.224 e. The summed E-state index contributed by atoms with van der Waals surface area (Å²) in [6, 6.07) is 9.57. The van der Waals surface area contributed by atoms with Gasteiger partial charge in [0, 0.05) is 12.1 Å². The summed E-state index contributed by atoms with van der Waals surface area (Å²) in [4.78, 5) is 11.6. The average Bonchev–Trinajstić information content (AvgIpc) is 2.18. The van der Waals surface area contributed by atoms with Crippen molar-refractivity contribution in [2.75, 3.05) is 5.32 Å². The highest BCUT2D eigenvalue weighted by atomic mass is 16.1. The Labute approximate surface area is 91.7 Å². The molecule has 0 spiro atoms. The zero-order chi connectivity index (χ0) is 11.3. The molecule has 0 aromatic heterocycles. The monoisotopic (exact) mass is 205 g/mol. The molecule has 0 fully saturated rings. The topological polar surface area (TPSA) is 29.1 Å². The predicted octanol–water partition coefficient (Wildman–Crippen LogP) is 3.31. The van der Waals surface area contributed by atoms with Crippen LogP contribution in [0.4, 0.5) is 5.69 Å². The lowest BCUT2D eigenvalue weighted by Crippen LogP contribution is -2.17. The van der Waals surface area contributed by atoms with E-state index in [1.165, 1.54) is 0 Å². The van der Waals surface area contributed by atoms with Crippen LogP contribution in [-0.2, 0) is 4.79 Å². The summed E-state index contributed by atoms with van der Waals surface area (Å²) in [5.74, 6) is 1.07. The van der Waals surface area contributed by atoms with E-state index in [1.54, 1.807) is 0 Å². The van der Waals surface area contributed by atoms with Gasteiger partial charge in [0.15, 0.2) is 0 Å². The number of anilines is 1. The molecule has 0 saturated heterocycles. The van der Waals surface area contributed by atoms with E-state index in [-0.39, 0.29) is 5.91 Å². The minimum absolute atomic E-state index is 0.0994. The molecule has 15 heavy (non-hydrogen) atoms. The normalized spacial score (nSPS) is 12.5. The number of benzene rings is 1. The van der Waals surface area contributed by atoms with Crippen LogP contribution in [0.3, 0.4) is 0 Å². The van der Waals surface area contributed by atoms with E-state index in [4.69, 9.17) is 0 Å². The minimum atomic E-state index is 0.0994. The number of para-hydroxylation sites is 1. The van der Waals surface area contributed by atoms with E-state index < -0.39 is 0 Å². The van der Waals surface area contributed by atoms with E-state index in [0.29, 0.717) is 18.3 Å². The lowest BCUT2D eigenvalue weighted by molar-refractivity contribution is -0.117. The van der Waals surface area contributed by atoms with Gasteiger partial charge >= 0.3 is 0 Å². The number of nitrogens with one attached hydrogen (secondary N) is 1. The zero-order valence-corrected chi connectivity index (χ0v) is 9.66. The predicted molar refractivity (Wildman–Crippen MR) is 63.7 cm³/mol. The summed E-state index contributed by atoms with van der Waals surface area (Å²) >= 11 is 0. The molecule has 1 amide bonds. The van der Waals surface area contributed by atoms with Gasteiger partial charge in [-0.1, -0.05) is 39.0 Å². The number of carbonyl (C=O) groups excluding carboxylic acids is 1. The van der Waals surface area contributed by atoms with Crippen molar-refractivity contribution in [3.63, 3.8) is 0 Å². The van der Waals surface area contributed by atoms with E-state index in [1.807, 2.05) is 30.3 Å². The lowest BCUT2D eigenvalue weighted by atomic mass is 9.94. The molecule has 0 heterocycles. The molecule has 2 heteroatoms. The summed E-state index contributed by atoms with van der Waals surface area (Å²) in [5, 5.41) is 2.89. The molecule has 0 aliphatic heterocycles. The zero-order valence-electron chi connectivity index (χ0n) is 9.66. The van der Waals surface area contributed by atoms with Crippen LogP contribution in [0, 0.1) is 11.8 Å². The van der Waals surface area contributed by atoms with Gasteiger partial charge in [0.25, 0.3) is 0 Å². The number of hydrogen-bond donors (Lipinski definition) is 1. The third-order valence-electron chi connectivity index (χ3n) is 2.70. The van der Waals surface area contributed by atoms with Crippen LogP contribution in [0.5, 0.6) is 0 Å². The van der Waals surface area contributed by atoms with Crippen molar-refractivity contribution >= 4 is 11.6 Å². The SMILES string of the molecule is CC(C)[C@@H](C)CC(=O)Nc1ccccc1. The van der Waals surface area contributed by atoms with Gasteiger partial charge in [-0.15, -0.1) is 0 Å². The quantitative estimate of drug-likeness (QED) is 0.802. The Hall–Kier alpha value is -1.31. The molecular weight excluding hydrogens is 186 g/mol. The molecular formula is C13H19NO. The standard InChI is InChI=1S/C13H19NO/c1-10(2)11(3)9-13(15)14-12-7-5-4-6-8-12/h4-8,10-11H,9H2,1-3H3,(H,14,15)/t11-/m0/s1. The van der Waals surface area contributed by atoms with Crippen molar-refractivity contribution in [2.24, 2.45) is 11.8 Å². The first kappa shape index (κ1) is 11.8. The minimum Gasteiger partial charge on any atom is -0.326 e. The second-order valence-corrected chi connectivity index (χ2v) is 4.34. The van der Waals surface area contributed by atoms with Crippen molar-refractivity contribution in [1.82, 2.24) is 0 Å². The first-order chi connectivity index (χ1) is 7.09. The highest BCUT2D eigenvalue weighted by Gasteiger charge is 2.12. The highest BCUT2D eigenvalue weighted by Crippen LogP contribution is 2.15. The first-order valence-corrected chi connectivity index (χ1v) is 5.44. The highest BCUT2D eigenvalue weighted by molar-refractivity contribution is 5.90. The molecule has 1 atom stereocenters. The summed E-state index contributed by atoms with van der Waals surface area (Å²) in [6.07, 6.45) is 0.590. The van der Waals surface area contributed by atoms with Gasteiger partial charge in [-0.3, -0.25) is 4.79 Å². The lowest BCUT2D eigenvalue weighted by Gasteiger charge is -2.14. The first-order valence-electron chi connectivity index (χ1n) is 5.44. The largest absolute Gasteiger partial charge is 0.326 e.